The normalized spacial score (nSPS) is 17.8. The minimum atomic E-state index is -0.382. The smallest absolute Gasteiger partial charge is 0.372 e. The molecule has 3 rings (SSSR count). The SMILES string of the molecule is CC#Cc1cc(C)c(C2=C(OC(=O)SC(C)C)CC3(CCN(C(C)=O)CC3)CC2=O)c(C)c1. The van der Waals surface area contributed by atoms with E-state index in [4.69, 9.17) is 4.74 Å². The van der Waals surface area contributed by atoms with Crippen LogP contribution in [0.5, 0.6) is 0 Å². The van der Waals surface area contributed by atoms with Crippen molar-refractivity contribution in [2.75, 3.05) is 13.1 Å². The minimum absolute atomic E-state index is 0.00963. The van der Waals surface area contributed by atoms with E-state index in [0.29, 0.717) is 37.3 Å². The van der Waals surface area contributed by atoms with Crippen molar-refractivity contribution >= 4 is 34.3 Å². The summed E-state index contributed by atoms with van der Waals surface area (Å²) in [6.45, 7) is 12.5. The molecule has 176 valence electrons. The summed E-state index contributed by atoms with van der Waals surface area (Å²) in [7, 11) is 0. The Labute approximate surface area is 201 Å². The third kappa shape index (κ3) is 5.70. The Balaban J connectivity index is 2.06. The molecule has 1 aliphatic heterocycles. The van der Waals surface area contributed by atoms with Crippen LogP contribution in [0.25, 0.3) is 5.57 Å². The van der Waals surface area contributed by atoms with Gasteiger partial charge >= 0.3 is 5.30 Å². The van der Waals surface area contributed by atoms with Gasteiger partial charge in [0.15, 0.2) is 5.78 Å². The van der Waals surface area contributed by atoms with Gasteiger partial charge in [-0.25, -0.2) is 4.79 Å². The average molecular weight is 468 g/mol. The number of benzene rings is 1. The molecule has 0 bridgehead atoms. The van der Waals surface area contributed by atoms with Crippen LogP contribution in [0, 0.1) is 31.1 Å². The molecule has 0 saturated carbocycles. The minimum Gasteiger partial charge on any atom is -0.422 e. The largest absolute Gasteiger partial charge is 0.422 e. The zero-order valence-corrected chi connectivity index (χ0v) is 21.3. The first-order valence-electron chi connectivity index (χ1n) is 11.5. The molecule has 1 fully saturated rings. The summed E-state index contributed by atoms with van der Waals surface area (Å²) < 4.78 is 5.90. The van der Waals surface area contributed by atoms with Gasteiger partial charge in [0.2, 0.25) is 5.91 Å². The summed E-state index contributed by atoms with van der Waals surface area (Å²) in [5.74, 6) is 6.55. The number of hydrogen-bond acceptors (Lipinski definition) is 5. The molecule has 0 N–H and O–H groups in total. The zero-order valence-electron chi connectivity index (χ0n) is 20.5. The second-order valence-corrected chi connectivity index (χ2v) is 11.0. The number of allylic oxidation sites excluding steroid dienone is 2. The maximum Gasteiger partial charge on any atom is 0.372 e. The lowest BCUT2D eigenvalue weighted by atomic mass is 9.66. The van der Waals surface area contributed by atoms with Crippen LogP contribution in [-0.2, 0) is 14.3 Å². The number of ether oxygens (including phenoxy) is 1. The van der Waals surface area contributed by atoms with Gasteiger partial charge in [0, 0.05) is 43.7 Å². The summed E-state index contributed by atoms with van der Waals surface area (Å²) in [6.07, 6.45) is 2.39. The molecule has 5 nitrogen and oxygen atoms in total. The summed E-state index contributed by atoms with van der Waals surface area (Å²) in [4.78, 5) is 39.9. The molecular weight excluding hydrogens is 434 g/mol. The second-order valence-electron chi connectivity index (χ2n) is 9.46. The standard InChI is InChI=1S/C27H33NO4S/c1-7-8-21-13-18(4)24(19(5)14-21)25-22(30)15-27(9-11-28(12-10-27)20(6)29)16-23(25)32-26(31)33-17(2)3/h13-14,17H,9-12,15-16H2,1-6H3. The maximum absolute atomic E-state index is 13.6. The Kier molecular flexibility index (Phi) is 7.74. The molecule has 1 aromatic rings. The van der Waals surface area contributed by atoms with Crippen LogP contribution >= 0.6 is 11.8 Å². The average Bonchev–Trinajstić information content (AvgIpc) is 2.69. The number of rotatable bonds is 3. The van der Waals surface area contributed by atoms with Crippen molar-refractivity contribution < 1.29 is 19.1 Å². The first kappa shape index (κ1) is 25.1. The number of ketones is 1. The van der Waals surface area contributed by atoms with E-state index in [1.54, 1.807) is 13.8 Å². The van der Waals surface area contributed by atoms with Gasteiger partial charge in [0.05, 0.1) is 5.57 Å². The first-order valence-corrected chi connectivity index (χ1v) is 12.4. The van der Waals surface area contributed by atoms with Crippen LogP contribution in [0.4, 0.5) is 4.79 Å². The van der Waals surface area contributed by atoms with Crippen LogP contribution < -0.4 is 0 Å². The summed E-state index contributed by atoms with van der Waals surface area (Å²) in [5, 5.41) is -0.295. The van der Waals surface area contributed by atoms with Crippen LogP contribution in [-0.4, -0.2) is 40.2 Å². The number of thioether (sulfide) groups is 1. The third-order valence-electron chi connectivity index (χ3n) is 6.49. The number of amides is 1. The highest BCUT2D eigenvalue weighted by atomic mass is 32.2. The van der Waals surface area contributed by atoms with Gasteiger partial charge in [-0.05, 0) is 79.6 Å². The monoisotopic (exact) mass is 467 g/mol. The zero-order chi connectivity index (χ0) is 24.3. The van der Waals surface area contributed by atoms with Crippen molar-refractivity contribution in [2.24, 2.45) is 5.41 Å². The maximum atomic E-state index is 13.6. The third-order valence-corrected chi connectivity index (χ3v) is 7.24. The Morgan fingerprint density at radius 2 is 1.73 bits per heavy atom. The molecule has 1 aromatic carbocycles. The number of nitrogens with zero attached hydrogens (tertiary/aromatic N) is 1. The summed E-state index contributed by atoms with van der Waals surface area (Å²) in [5.41, 5.74) is 3.89. The van der Waals surface area contributed by atoms with E-state index in [2.05, 4.69) is 11.8 Å². The number of hydrogen-bond donors (Lipinski definition) is 0. The Morgan fingerprint density at radius 3 is 2.24 bits per heavy atom. The van der Waals surface area contributed by atoms with Gasteiger partial charge in [0.25, 0.3) is 0 Å². The van der Waals surface area contributed by atoms with Gasteiger partial charge in [-0.15, -0.1) is 5.92 Å². The van der Waals surface area contributed by atoms with Gasteiger partial charge < -0.3 is 9.64 Å². The van der Waals surface area contributed by atoms with Crippen LogP contribution in [0.15, 0.2) is 17.9 Å². The number of carbonyl (C=O) groups is 3. The molecule has 1 amide bonds. The van der Waals surface area contributed by atoms with E-state index in [0.717, 1.165) is 46.9 Å². The molecule has 0 aromatic heterocycles. The Hall–Kier alpha value is -2.52. The van der Waals surface area contributed by atoms with Gasteiger partial charge in [-0.3, -0.25) is 9.59 Å². The topological polar surface area (TPSA) is 63.7 Å². The molecule has 33 heavy (non-hydrogen) atoms. The van der Waals surface area contributed by atoms with E-state index in [-0.39, 0.29) is 27.7 Å². The Morgan fingerprint density at radius 1 is 1.12 bits per heavy atom. The molecule has 6 heteroatoms. The Bertz CT molecular complexity index is 1040. The number of piperidine rings is 1. The molecule has 0 radical (unpaired) electrons. The number of carbonyl (C=O) groups excluding carboxylic acids is 3. The van der Waals surface area contributed by atoms with Crippen molar-refractivity contribution in [1.82, 2.24) is 4.90 Å². The van der Waals surface area contributed by atoms with Crippen LogP contribution in [0.2, 0.25) is 0 Å². The fourth-order valence-electron chi connectivity index (χ4n) is 4.98. The number of likely N-dealkylation sites (tertiary alicyclic amines) is 1. The van der Waals surface area contributed by atoms with Crippen LogP contribution in [0.3, 0.4) is 0 Å². The van der Waals surface area contributed by atoms with Crippen molar-refractivity contribution in [2.45, 2.75) is 72.5 Å². The molecule has 0 unspecified atom stereocenters. The highest BCUT2D eigenvalue weighted by molar-refractivity contribution is 8.13. The number of Topliss-reactive ketones (excluding diaryl/α,β-unsaturated/α-hetero) is 1. The lowest BCUT2D eigenvalue weighted by Crippen LogP contribution is -2.45. The molecule has 2 aliphatic rings. The molecule has 1 heterocycles. The molecule has 0 atom stereocenters. The highest BCUT2D eigenvalue weighted by Crippen LogP contribution is 2.49. The van der Waals surface area contributed by atoms with E-state index in [9.17, 15) is 14.4 Å². The van der Waals surface area contributed by atoms with Gasteiger partial charge in [0.1, 0.15) is 5.76 Å². The van der Waals surface area contributed by atoms with E-state index < -0.39 is 0 Å². The molecule has 1 spiro atoms. The second kappa shape index (κ2) is 10.2. The first-order chi connectivity index (χ1) is 15.5. The predicted octanol–water partition coefficient (Wildman–Crippen LogP) is 5.66. The van der Waals surface area contributed by atoms with E-state index >= 15 is 0 Å². The fraction of sp³-hybridized carbons (Fsp3) is 0.519. The lowest BCUT2D eigenvalue weighted by molar-refractivity contribution is -0.131. The molecular formula is C27H33NO4S. The van der Waals surface area contributed by atoms with Crippen molar-refractivity contribution in [3.05, 3.63) is 40.1 Å². The summed E-state index contributed by atoms with van der Waals surface area (Å²) in [6, 6.07) is 3.97. The van der Waals surface area contributed by atoms with Gasteiger partial charge in [-0.2, -0.15) is 0 Å². The van der Waals surface area contributed by atoms with Crippen LogP contribution in [0.1, 0.15) is 75.6 Å². The highest BCUT2D eigenvalue weighted by Gasteiger charge is 2.44. The van der Waals surface area contributed by atoms with Crippen molar-refractivity contribution in [3.63, 3.8) is 0 Å². The van der Waals surface area contributed by atoms with E-state index in [1.807, 2.05) is 44.7 Å². The van der Waals surface area contributed by atoms with E-state index in [1.165, 1.54) is 0 Å². The van der Waals surface area contributed by atoms with Crippen molar-refractivity contribution in [3.8, 4) is 11.8 Å². The molecule has 1 aliphatic carbocycles. The lowest BCUT2D eigenvalue weighted by Gasteiger charge is -2.44. The fourth-order valence-corrected chi connectivity index (χ4v) is 5.52. The predicted molar refractivity (Wildman–Crippen MR) is 133 cm³/mol. The van der Waals surface area contributed by atoms with Crippen molar-refractivity contribution in [1.29, 1.82) is 0 Å². The number of aryl methyl sites for hydroxylation is 2. The summed E-state index contributed by atoms with van der Waals surface area (Å²) >= 11 is 1.13. The quantitative estimate of drug-likeness (QED) is 0.424. The van der Waals surface area contributed by atoms with Gasteiger partial charge in [-0.1, -0.05) is 19.8 Å². The molecule has 1 saturated heterocycles.